The molecule has 0 aromatic heterocycles. The van der Waals surface area contributed by atoms with E-state index in [2.05, 4.69) is 41.6 Å². The van der Waals surface area contributed by atoms with Crippen LogP contribution in [0.2, 0.25) is 0 Å². The van der Waals surface area contributed by atoms with E-state index < -0.39 is 0 Å². The minimum absolute atomic E-state index is 0.611. The van der Waals surface area contributed by atoms with E-state index in [9.17, 15) is 0 Å². The Morgan fingerprint density at radius 1 is 1.50 bits per heavy atom. The summed E-state index contributed by atoms with van der Waals surface area (Å²) in [5.41, 5.74) is 2.53. The van der Waals surface area contributed by atoms with Crippen LogP contribution < -0.4 is 0 Å². The van der Waals surface area contributed by atoms with Crippen molar-refractivity contribution in [2.45, 2.75) is 12.8 Å². The van der Waals surface area contributed by atoms with Gasteiger partial charge in [0, 0.05) is 9.45 Å². The van der Waals surface area contributed by atoms with Crippen LogP contribution in [0.5, 0.6) is 0 Å². The average molecular weight is 267 g/mol. The molecule has 0 spiro atoms. The van der Waals surface area contributed by atoms with E-state index >= 15 is 0 Å². The zero-order valence-corrected chi connectivity index (χ0v) is 8.61. The Morgan fingerprint density at radius 3 is 2.70 bits per heavy atom. The highest BCUT2D eigenvalue weighted by atomic mass is 127. The lowest BCUT2D eigenvalue weighted by atomic mass is 10.2. The molecule has 1 aromatic rings. The monoisotopic (exact) mass is 266 g/mol. The number of hydrogen-bond acceptors (Lipinski definition) is 0. The first-order chi connectivity index (χ1) is 4.75. The van der Waals surface area contributed by atoms with Gasteiger partial charge in [0.25, 0.3) is 0 Å². The zero-order chi connectivity index (χ0) is 7.56. The van der Waals surface area contributed by atoms with Crippen molar-refractivity contribution in [3.05, 3.63) is 32.9 Å². The highest BCUT2D eigenvalue weighted by Gasteiger charge is 1.98. The second-order valence-electron chi connectivity index (χ2n) is 2.18. The first-order valence-corrected chi connectivity index (χ1v) is 4.67. The van der Waals surface area contributed by atoms with Gasteiger partial charge in [0.2, 0.25) is 0 Å². The van der Waals surface area contributed by atoms with Crippen LogP contribution in [0.1, 0.15) is 11.1 Å². The van der Waals surface area contributed by atoms with Gasteiger partial charge < -0.3 is 0 Å². The van der Waals surface area contributed by atoms with Crippen LogP contribution in [0.15, 0.2) is 18.2 Å². The minimum Gasteiger partial charge on any atom is -0.122 e. The third-order valence-corrected chi connectivity index (χ3v) is 3.25. The summed E-state index contributed by atoms with van der Waals surface area (Å²) in [6, 6.07) is 6.19. The largest absolute Gasteiger partial charge is 0.122 e. The SMILES string of the molecule is Cc1cccc(CCl)c1I. The van der Waals surface area contributed by atoms with Gasteiger partial charge in [0.15, 0.2) is 0 Å². The highest BCUT2D eigenvalue weighted by molar-refractivity contribution is 14.1. The number of benzene rings is 1. The molecule has 2 heteroatoms. The maximum Gasteiger partial charge on any atom is 0.0484 e. The Labute approximate surface area is 79.7 Å². The van der Waals surface area contributed by atoms with Gasteiger partial charge in [0.05, 0.1) is 0 Å². The summed E-state index contributed by atoms with van der Waals surface area (Å²) >= 11 is 8.02. The third kappa shape index (κ3) is 1.64. The Morgan fingerprint density at radius 2 is 2.20 bits per heavy atom. The fourth-order valence-electron chi connectivity index (χ4n) is 0.811. The van der Waals surface area contributed by atoms with E-state index in [-0.39, 0.29) is 0 Å². The van der Waals surface area contributed by atoms with Gasteiger partial charge >= 0.3 is 0 Å². The number of aryl methyl sites for hydroxylation is 1. The molecule has 1 aromatic carbocycles. The molecule has 0 saturated carbocycles. The summed E-state index contributed by atoms with van der Waals surface area (Å²) in [6.07, 6.45) is 0. The second-order valence-corrected chi connectivity index (χ2v) is 3.53. The normalized spacial score (nSPS) is 9.90. The average Bonchev–Trinajstić information content (AvgIpc) is 1.95. The van der Waals surface area contributed by atoms with Crippen LogP contribution in [0, 0.1) is 10.5 Å². The van der Waals surface area contributed by atoms with Gasteiger partial charge in [-0.1, -0.05) is 18.2 Å². The topological polar surface area (TPSA) is 0 Å². The molecule has 0 atom stereocenters. The van der Waals surface area contributed by atoms with Crippen LogP contribution in [-0.4, -0.2) is 0 Å². The summed E-state index contributed by atoms with van der Waals surface area (Å²) < 4.78 is 1.29. The second kappa shape index (κ2) is 3.58. The molecule has 0 heterocycles. The lowest BCUT2D eigenvalue weighted by molar-refractivity contribution is 1.30. The van der Waals surface area contributed by atoms with Crippen LogP contribution in [0.3, 0.4) is 0 Å². The lowest BCUT2D eigenvalue weighted by Gasteiger charge is -2.01. The molecule has 0 nitrogen and oxygen atoms in total. The fraction of sp³-hybridized carbons (Fsp3) is 0.250. The smallest absolute Gasteiger partial charge is 0.0484 e. The van der Waals surface area contributed by atoms with Gasteiger partial charge in [-0.15, -0.1) is 11.6 Å². The summed E-state index contributed by atoms with van der Waals surface area (Å²) in [6.45, 7) is 2.10. The van der Waals surface area contributed by atoms with Crippen molar-refractivity contribution in [1.82, 2.24) is 0 Å². The van der Waals surface area contributed by atoms with E-state index in [4.69, 9.17) is 11.6 Å². The van der Waals surface area contributed by atoms with E-state index in [1.165, 1.54) is 14.7 Å². The maximum absolute atomic E-state index is 5.70. The molecule has 0 aliphatic rings. The van der Waals surface area contributed by atoms with Gasteiger partial charge in [-0.2, -0.15) is 0 Å². The van der Waals surface area contributed by atoms with E-state index in [0.717, 1.165) is 0 Å². The Hall–Kier alpha value is 0.240. The predicted octanol–water partition coefficient (Wildman–Crippen LogP) is 3.34. The van der Waals surface area contributed by atoms with Gasteiger partial charge in [-0.25, -0.2) is 0 Å². The van der Waals surface area contributed by atoms with E-state index in [1.54, 1.807) is 0 Å². The highest BCUT2D eigenvalue weighted by Crippen LogP contribution is 2.17. The van der Waals surface area contributed by atoms with Gasteiger partial charge in [-0.05, 0) is 40.6 Å². The summed E-state index contributed by atoms with van der Waals surface area (Å²) in [5.74, 6) is 0.611. The zero-order valence-electron chi connectivity index (χ0n) is 5.70. The molecule has 0 bridgehead atoms. The number of halogens is 2. The molecule has 0 N–H and O–H groups in total. The quantitative estimate of drug-likeness (QED) is 0.540. The van der Waals surface area contributed by atoms with E-state index in [1.807, 2.05) is 6.07 Å². The molecular formula is C8H8ClI. The molecule has 0 unspecified atom stereocenters. The Balaban J connectivity index is 3.14. The molecule has 10 heavy (non-hydrogen) atoms. The first-order valence-electron chi connectivity index (χ1n) is 3.05. The van der Waals surface area contributed by atoms with Crippen LogP contribution in [0.25, 0.3) is 0 Å². The number of hydrogen-bond donors (Lipinski definition) is 0. The van der Waals surface area contributed by atoms with Crippen molar-refractivity contribution in [2.24, 2.45) is 0 Å². The van der Waals surface area contributed by atoms with Gasteiger partial charge in [-0.3, -0.25) is 0 Å². The van der Waals surface area contributed by atoms with Crippen molar-refractivity contribution in [3.63, 3.8) is 0 Å². The molecule has 0 aliphatic heterocycles. The molecule has 0 fully saturated rings. The molecule has 1 rings (SSSR count). The standard InChI is InChI=1S/C8H8ClI/c1-6-3-2-4-7(5-9)8(6)10/h2-4H,5H2,1H3. The first kappa shape index (κ1) is 8.34. The lowest BCUT2D eigenvalue weighted by Crippen LogP contribution is -1.86. The van der Waals surface area contributed by atoms with E-state index in [0.29, 0.717) is 5.88 Å². The number of alkyl halides is 1. The summed E-state index contributed by atoms with van der Waals surface area (Å²) in [7, 11) is 0. The van der Waals surface area contributed by atoms with Crippen molar-refractivity contribution in [2.75, 3.05) is 0 Å². The molecule has 0 aliphatic carbocycles. The van der Waals surface area contributed by atoms with Crippen molar-refractivity contribution < 1.29 is 0 Å². The predicted molar refractivity (Wildman–Crippen MR) is 53.5 cm³/mol. The van der Waals surface area contributed by atoms with Crippen LogP contribution in [-0.2, 0) is 5.88 Å². The Bertz CT molecular complexity index is 233. The molecular weight excluding hydrogens is 258 g/mol. The molecule has 0 radical (unpaired) electrons. The van der Waals surface area contributed by atoms with Crippen LogP contribution >= 0.6 is 34.2 Å². The summed E-state index contributed by atoms with van der Waals surface area (Å²) in [4.78, 5) is 0. The Kier molecular flexibility index (Phi) is 2.98. The number of rotatable bonds is 1. The fourth-order valence-corrected chi connectivity index (χ4v) is 1.81. The van der Waals surface area contributed by atoms with Crippen molar-refractivity contribution >= 4 is 34.2 Å². The van der Waals surface area contributed by atoms with Crippen LogP contribution in [0.4, 0.5) is 0 Å². The third-order valence-electron chi connectivity index (χ3n) is 1.42. The van der Waals surface area contributed by atoms with Gasteiger partial charge in [0.1, 0.15) is 0 Å². The molecule has 54 valence electrons. The molecule has 0 saturated heterocycles. The minimum atomic E-state index is 0.611. The maximum atomic E-state index is 5.70. The molecule has 0 amide bonds. The van der Waals surface area contributed by atoms with Crippen molar-refractivity contribution in [1.29, 1.82) is 0 Å². The summed E-state index contributed by atoms with van der Waals surface area (Å²) in [5, 5.41) is 0. The van der Waals surface area contributed by atoms with Crippen molar-refractivity contribution in [3.8, 4) is 0 Å².